The molecule has 185 valence electrons. The van der Waals surface area contributed by atoms with Gasteiger partial charge in [-0.15, -0.1) is 0 Å². The Hall–Kier alpha value is -3.95. The van der Waals surface area contributed by atoms with Gasteiger partial charge in [0.2, 0.25) is 0 Å². The topological polar surface area (TPSA) is 145 Å². The van der Waals surface area contributed by atoms with Gasteiger partial charge in [0.1, 0.15) is 11.5 Å². The second-order valence-electron chi connectivity index (χ2n) is 7.14. The first-order valence-corrected chi connectivity index (χ1v) is 10.1. The van der Waals surface area contributed by atoms with Gasteiger partial charge >= 0.3 is 16.8 Å². The molecule has 0 saturated carbocycles. The summed E-state index contributed by atoms with van der Waals surface area (Å²) in [6, 6.07) is 18.2. The van der Waals surface area contributed by atoms with Crippen LogP contribution in [0.25, 0.3) is 0 Å². The fraction of sp³-hybridized carbons (Fsp3) is 0.154. The van der Waals surface area contributed by atoms with Crippen molar-refractivity contribution in [3.05, 3.63) is 82.9 Å². The predicted molar refractivity (Wildman–Crippen MR) is 128 cm³/mol. The molecule has 0 heterocycles. The number of aromatic hydroxyl groups is 2. The number of aliphatic carboxylic acids is 2. The molecule has 3 rings (SSSR count). The van der Waals surface area contributed by atoms with Gasteiger partial charge in [-0.1, -0.05) is 29.3 Å². The average molecular weight is 521 g/mol. The molecule has 0 fully saturated rings. The number of hydrogen-bond donors (Lipinski definition) is 2. The van der Waals surface area contributed by atoms with E-state index in [1.165, 1.54) is 0 Å². The Balaban J connectivity index is 0.00000112. The first-order chi connectivity index (χ1) is 16.0. The van der Waals surface area contributed by atoms with Crippen LogP contribution >= 0.6 is 0 Å². The Morgan fingerprint density at radius 2 is 1.06 bits per heavy atom. The minimum atomic E-state index is -1.08. The largest absolute Gasteiger partial charge is 2.00 e. The van der Waals surface area contributed by atoms with Crippen molar-refractivity contribution in [2.24, 2.45) is 9.98 Å². The van der Waals surface area contributed by atoms with Crippen molar-refractivity contribution >= 4 is 35.7 Å². The van der Waals surface area contributed by atoms with E-state index >= 15 is 0 Å². The first-order valence-electron chi connectivity index (χ1n) is 10.1. The van der Waals surface area contributed by atoms with Crippen molar-refractivity contribution in [3.63, 3.8) is 0 Å². The van der Waals surface area contributed by atoms with E-state index in [1.807, 2.05) is 62.4 Å². The third kappa shape index (κ3) is 13.4. The molecule has 0 bridgehead atoms. The molecule has 0 saturated heterocycles. The number of rotatable bonds is 4. The summed E-state index contributed by atoms with van der Waals surface area (Å²) in [5.74, 6) is -1.77. The zero-order valence-electron chi connectivity index (χ0n) is 19.7. The van der Waals surface area contributed by atoms with Crippen LogP contribution in [0.5, 0.6) is 11.5 Å². The summed E-state index contributed by atoms with van der Waals surface area (Å²) < 4.78 is 0. The molecule has 0 aromatic heterocycles. The number of hydrogen-bond acceptors (Lipinski definition) is 8. The van der Waals surface area contributed by atoms with Crippen LogP contribution in [-0.2, 0) is 26.4 Å². The fourth-order valence-electron chi connectivity index (χ4n) is 2.50. The molecule has 0 aliphatic rings. The monoisotopic (exact) mass is 521 g/mol. The summed E-state index contributed by atoms with van der Waals surface area (Å²) in [5, 5.41) is 37.6. The van der Waals surface area contributed by atoms with E-state index in [0.29, 0.717) is 11.1 Å². The number of aliphatic imine (C=N–C) groups is 2. The number of carboxylic acids is 2. The summed E-state index contributed by atoms with van der Waals surface area (Å²) in [6.07, 6.45) is 3.27. The van der Waals surface area contributed by atoms with Gasteiger partial charge in [0, 0.05) is 35.5 Å². The third-order valence-corrected chi connectivity index (χ3v) is 3.90. The Bertz CT molecular complexity index is 1100. The van der Waals surface area contributed by atoms with Gasteiger partial charge in [0.15, 0.2) is 0 Å². The molecule has 2 N–H and O–H groups in total. The van der Waals surface area contributed by atoms with Gasteiger partial charge < -0.3 is 30.0 Å². The maximum absolute atomic E-state index is 9.89. The Labute approximate surface area is 214 Å². The van der Waals surface area contributed by atoms with Crippen molar-refractivity contribution in [1.29, 1.82) is 0 Å². The van der Waals surface area contributed by atoms with Gasteiger partial charge in [-0.3, -0.25) is 9.98 Å². The van der Waals surface area contributed by atoms with E-state index in [9.17, 15) is 10.2 Å². The Kier molecular flexibility index (Phi) is 14.0. The van der Waals surface area contributed by atoms with Crippen LogP contribution in [0.4, 0.5) is 11.4 Å². The quantitative estimate of drug-likeness (QED) is 0.505. The zero-order valence-corrected chi connectivity index (χ0v) is 20.7. The molecule has 0 aliphatic heterocycles. The summed E-state index contributed by atoms with van der Waals surface area (Å²) in [5.41, 5.74) is 4.91. The van der Waals surface area contributed by atoms with Gasteiger partial charge in [0.05, 0.1) is 11.4 Å². The maximum Gasteiger partial charge on any atom is 2.00 e. The van der Waals surface area contributed by atoms with E-state index in [-0.39, 0.29) is 28.3 Å². The fourth-order valence-corrected chi connectivity index (χ4v) is 2.50. The summed E-state index contributed by atoms with van der Waals surface area (Å²) >= 11 is 0. The molecule has 3 aromatic carbocycles. The van der Waals surface area contributed by atoms with Crippen LogP contribution in [0.15, 0.2) is 70.6 Å². The second kappa shape index (κ2) is 15.8. The van der Waals surface area contributed by atoms with Crippen LogP contribution < -0.4 is 10.2 Å². The summed E-state index contributed by atoms with van der Waals surface area (Å²) in [6.45, 7) is 5.87. The van der Waals surface area contributed by atoms with E-state index in [2.05, 4.69) is 9.98 Å². The summed E-state index contributed by atoms with van der Waals surface area (Å²) in [7, 11) is 0. The molecule has 0 amide bonds. The van der Waals surface area contributed by atoms with Gasteiger partial charge in [-0.05, 0) is 70.2 Å². The number of benzene rings is 3. The van der Waals surface area contributed by atoms with Crippen LogP contribution in [0.2, 0.25) is 0 Å². The van der Waals surface area contributed by atoms with Crippen molar-refractivity contribution < 1.29 is 46.8 Å². The molecule has 3 aromatic rings. The molecule has 8 nitrogen and oxygen atoms in total. The number of phenolic OH excluding ortho intramolecular Hbond substituents is 2. The minimum Gasteiger partial charge on any atom is -0.550 e. The van der Waals surface area contributed by atoms with E-state index < -0.39 is 11.9 Å². The molecule has 35 heavy (non-hydrogen) atoms. The van der Waals surface area contributed by atoms with Gasteiger partial charge in [-0.2, -0.15) is 0 Å². The van der Waals surface area contributed by atoms with Gasteiger partial charge in [-0.25, -0.2) is 0 Å². The van der Waals surface area contributed by atoms with Crippen molar-refractivity contribution in [2.45, 2.75) is 27.7 Å². The number of nitrogens with zero attached hydrogens (tertiary/aromatic N) is 2. The summed E-state index contributed by atoms with van der Waals surface area (Å²) in [4.78, 5) is 26.6. The smallest absolute Gasteiger partial charge is 0.550 e. The van der Waals surface area contributed by atoms with E-state index in [0.717, 1.165) is 36.3 Å². The van der Waals surface area contributed by atoms with Crippen LogP contribution in [-0.4, -0.2) is 34.6 Å². The number of aryl methyl sites for hydroxylation is 2. The first kappa shape index (κ1) is 31.0. The SMILES string of the molecule is CC(=O)[O-].CC(=O)[O-].Cc1ccc(O)c(C=Nc2cccc(N=Cc3cc(C)ccc3O)c2)c1.[Co+2]. The molecule has 9 heteroatoms. The molecule has 1 radical (unpaired) electrons. The molecular formula is C26H26CoN2O6. The van der Waals surface area contributed by atoms with Crippen LogP contribution in [0.1, 0.15) is 36.1 Å². The number of carbonyl (C=O) groups is 2. The standard InChI is InChI=1S/C22H20N2O2.2C2H4O2.Co/c1-15-6-8-21(25)17(10-15)13-23-19-4-3-5-20(12-19)24-14-18-11-16(2)7-9-22(18)26;2*1-2(3)4;/h3-14,25-26H,1-2H3;2*1H3,(H,3,4);/q;;;+2/p-2. The number of carboxylic acid groups (broad SMARTS) is 2. The van der Waals surface area contributed by atoms with Crippen molar-refractivity contribution in [1.82, 2.24) is 0 Å². The number of phenols is 2. The third-order valence-electron chi connectivity index (χ3n) is 3.90. The average Bonchev–Trinajstić information content (AvgIpc) is 2.74. The Morgan fingerprint density at radius 3 is 1.40 bits per heavy atom. The molecule has 0 spiro atoms. The van der Waals surface area contributed by atoms with Crippen molar-refractivity contribution in [2.75, 3.05) is 0 Å². The van der Waals surface area contributed by atoms with E-state index in [4.69, 9.17) is 19.8 Å². The molecule has 0 unspecified atom stereocenters. The maximum atomic E-state index is 9.89. The molecule has 0 atom stereocenters. The normalized spacial score (nSPS) is 9.94. The zero-order chi connectivity index (χ0) is 25.7. The molecular weight excluding hydrogens is 495 g/mol. The van der Waals surface area contributed by atoms with Gasteiger partial charge in [0.25, 0.3) is 0 Å². The van der Waals surface area contributed by atoms with E-state index in [1.54, 1.807) is 24.6 Å². The number of carbonyl (C=O) groups excluding carboxylic acids is 2. The second-order valence-corrected chi connectivity index (χ2v) is 7.14. The predicted octanol–water partition coefficient (Wildman–Crippen LogP) is 2.73. The minimum absolute atomic E-state index is 0. The van der Waals surface area contributed by atoms with Crippen molar-refractivity contribution in [3.8, 4) is 11.5 Å². The molecule has 0 aliphatic carbocycles. The van der Waals surface area contributed by atoms with Crippen LogP contribution in [0, 0.1) is 13.8 Å². The Morgan fingerprint density at radius 1 is 0.714 bits per heavy atom. The van der Waals surface area contributed by atoms with Crippen LogP contribution in [0.3, 0.4) is 0 Å².